The Morgan fingerprint density at radius 2 is 1.90 bits per heavy atom. The predicted molar refractivity (Wildman–Crippen MR) is 75.5 cm³/mol. The molecule has 1 amide bonds. The Balaban J connectivity index is 2.28. The van der Waals surface area contributed by atoms with Gasteiger partial charge < -0.3 is 15.8 Å². The molecule has 4 nitrogen and oxygen atoms in total. The van der Waals surface area contributed by atoms with Gasteiger partial charge in [-0.3, -0.25) is 4.79 Å². The van der Waals surface area contributed by atoms with Gasteiger partial charge in [-0.2, -0.15) is 0 Å². The lowest BCUT2D eigenvalue weighted by Crippen LogP contribution is -2.17. The molecule has 0 heterocycles. The molecular formula is C15H15FN2O2. The minimum absolute atomic E-state index is 0.221. The second-order valence-corrected chi connectivity index (χ2v) is 4.34. The van der Waals surface area contributed by atoms with E-state index in [0.29, 0.717) is 28.3 Å². The van der Waals surface area contributed by atoms with Crippen LogP contribution in [-0.4, -0.2) is 13.0 Å². The summed E-state index contributed by atoms with van der Waals surface area (Å²) >= 11 is 0. The van der Waals surface area contributed by atoms with E-state index in [1.165, 1.54) is 24.3 Å². The summed E-state index contributed by atoms with van der Waals surface area (Å²) in [6.07, 6.45) is 0. The highest BCUT2D eigenvalue weighted by Crippen LogP contribution is 2.30. The number of nitrogen functional groups attached to an aromatic ring is 1. The van der Waals surface area contributed by atoms with Gasteiger partial charge in [-0.25, -0.2) is 4.39 Å². The fourth-order valence-electron chi connectivity index (χ4n) is 1.77. The van der Waals surface area contributed by atoms with Crippen molar-refractivity contribution in [3.05, 3.63) is 53.3 Å². The highest BCUT2D eigenvalue weighted by molar-refractivity contribution is 5.95. The van der Waals surface area contributed by atoms with E-state index >= 15 is 0 Å². The van der Waals surface area contributed by atoms with Gasteiger partial charge >= 0.3 is 0 Å². The van der Waals surface area contributed by atoms with Crippen LogP contribution in [0.3, 0.4) is 0 Å². The molecule has 0 saturated carbocycles. The summed E-state index contributed by atoms with van der Waals surface area (Å²) in [7, 11) is 1.55. The average molecular weight is 274 g/mol. The first-order chi connectivity index (χ1) is 9.51. The molecule has 0 aliphatic rings. The van der Waals surface area contributed by atoms with E-state index in [4.69, 9.17) is 10.5 Å². The summed E-state index contributed by atoms with van der Waals surface area (Å²) < 4.78 is 18.7. The molecule has 0 aliphatic carbocycles. The van der Waals surface area contributed by atoms with Crippen molar-refractivity contribution in [2.45, 2.75) is 6.92 Å². The zero-order valence-electron chi connectivity index (χ0n) is 11.2. The van der Waals surface area contributed by atoms with Gasteiger partial charge in [0.2, 0.25) is 0 Å². The summed E-state index contributed by atoms with van der Waals surface area (Å²) in [5.74, 6) is 0.400. The lowest BCUT2D eigenvalue weighted by Gasteiger charge is -2.11. The lowest BCUT2D eigenvalue weighted by molar-refractivity contribution is 0.0963. The number of rotatable bonds is 3. The second kappa shape index (κ2) is 5.61. The Bertz CT molecular complexity index is 656. The van der Waals surface area contributed by atoms with Crippen LogP contribution in [0.25, 0.3) is 0 Å². The zero-order chi connectivity index (χ0) is 14.7. The summed E-state index contributed by atoms with van der Waals surface area (Å²) in [5, 5.41) is 2.52. The van der Waals surface area contributed by atoms with E-state index in [9.17, 15) is 9.18 Å². The van der Waals surface area contributed by atoms with Gasteiger partial charge in [0.05, 0.1) is 5.69 Å². The van der Waals surface area contributed by atoms with Crippen LogP contribution in [-0.2, 0) is 0 Å². The summed E-state index contributed by atoms with van der Waals surface area (Å²) in [5.41, 5.74) is 7.32. The number of halogens is 1. The van der Waals surface area contributed by atoms with Gasteiger partial charge in [0.15, 0.2) is 0 Å². The number of carbonyl (C=O) groups excluding carboxylic acids is 1. The molecule has 0 aliphatic heterocycles. The monoisotopic (exact) mass is 274 g/mol. The van der Waals surface area contributed by atoms with Crippen molar-refractivity contribution in [3.63, 3.8) is 0 Å². The van der Waals surface area contributed by atoms with Crippen LogP contribution in [0.2, 0.25) is 0 Å². The predicted octanol–water partition coefficient (Wildman–Crippen LogP) is 2.87. The van der Waals surface area contributed by atoms with E-state index in [1.54, 1.807) is 26.1 Å². The fraction of sp³-hybridized carbons (Fsp3) is 0.133. The Morgan fingerprint density at radius 3 is 2.50 bits per heavy atom. The van der Waals surface area contributed by atoms with Crippen molar-refractivity contribution in [2.75, 3.05) is 12.8 Å². The van der Waals surface area contributed by atoms with Gasteiger partial charge in [-0.05, 0) is 48.9 Å². The Kier molecular flexibility index (Phi) is 3.89. The number of aryl methyl sites for hydroxylation is 1. The molecule has 0 radical (unpaired) electrons. The molecule has 20 heavy (non-hydrogen) atoms. The SMILES string of the molecule is CNC(=O)c1ccc(Oc2ccc(F)cc2C)c(N)c1. The molecule has 0 unspecified atom stereocenters. The van der Waals surface area contributed by atoms with E-state index in [0.717, 1.165) is 0 Å². The maximum atomic E-state index is 13.0. The van der Waals surface area contributed by atoms with Crippen LogP contribution >= 0.6 is 0 Å². The van der Waals surface area contributed by atoms with E-state index in [1.807, 2.05) is 0 Å². The Morgan fingerprint density at radius 1 is 1.20 bits per heavy atom. The maximum absolute atomic E-state index is 13.0. The Hall–Kier alpha value is -2.56. The molecule has 0 aromatic heterocycles. The molecule has 2 aromatic carbocycles. The van der Waals surface area contributed by atoms with Crippen molar-refractivity contribution >= 4 is 11.6 Å². The standard InChI is InChI=1S/C15H15FN2O2/c1-9-7-11(16)4-6-13(9)20-14-5-3-10(8-12(14)17)15(19)18-2/h3-8H,17H2,1-2H3,(H,18,19). The first-order valence-electron chi connectivity index (χ1n) is 6.07. The molecule has 0 saturated heterocycles. The van der Waals surface area contributed by atoms with Crippen LogP contribution in [0.4, 0.5) is 10.1 Å². The second-order valence-electron chi connectivity index (χ2n) is 4.34. The maximum Gasteiger partial charge on any atom is 0.251 e. The van der Waals surface area contributed by atoms with Crippen LogP contribution < -0.4 is 15.8 Å². The van der Waals surface area contributed by atoms with E-state index in [2.05, 4.69) is 5.32 Å². The number of benzene rings is 2. The van der Waals surface area contributed by atoms with Crippen molar-refractivity contribution in [2.24, 2.45) is 0 Å². The molecule has 3 N–H and O–H groups in total. The molecule has 0 spiro atoms. The summed E-state index contributed by atoms with van der Waals surface area (Å²) in [6.45, 7) is 1.74. The first-order valence-corrected chi connectivity index (χ1v) is 6.07. The van der Waals surface area contributed by atoms with Gasteiger partial charge in [0.25, 0.3) is 5.91 Å². The minimum atomic E-state index is -0.321. The normalized spacial score (nSPS) is 10.2. The van der Waals surface area contributed by atoms with Gasteiger partial charge in [0, 0.05) is 12.6 Å². The third kappa shape index (κ3) is 2.88. The van der Waals surface area contributed by atoms with Crippen molar-refractivity contribution < 1.29 is 13.9 Å². The number of hydrogen-bond acceptors (Lipinski definition) is 3. The molecular weight excluding hydrogens is 259 g/mol. The van der Waals surface area contributed by atoms with Crippen molar-refractivity contribution in [1.29, 1.82) is 0 Å². The van der Waals surface area contributed by atoms with Gasteiger partial charge in [-0.15, -0.1) is 0 Å². The molecule has 0 bridgehead atoms. The number of nitrogens with one attached hydrogen (secondary N) is 1. The topological polar surface area (TPSA) is 64.3 Å². The number of amides is 1. The molecule has 2 rings (SSSR count). The average Bonchev–Trinajstić information content (AvgIpc) is 2.42. The third-order valence-electron chi connectivity index (χ3n) is 2.86. The molecule has 104 valence electrons. The van der Waals surface area contributed by atoms with Gasteiger partial charge in [0.1, 0.15) is 17.3 Å². The van der Waals surface area contributed by atoms with E-state index < -0.39 is 0 Å². The highest BCUT2D eigenvalue weighted by Gasteiger charge is 2.09. The molecule has 2 aromatic rings. The lowest BCUT2D eigenvalue weighted by atomic mass is 10.1. The van der Waals surface area contributed by atoms with Crippen LogP contribution in [0.1, 0.15) is 15.9 Å². The number of hydrogen-bond donors (Lipinski definition) is 2. The number of ether oxygens (including phenoxy) is 1. The zero-order valence-corrected chi connectivity index (χ0v) is 11.2. The summed E-state index contributed by atoms with van der Waals surface area (Å²) in [4.78, 5) is 11.5. The smallest absolute Gasteiger partial charge is 0.251 e. The highest BCUT2D eigenvalue weighted by atomic mass is 19.1. The van der Waals surface area contributed by atoms with Gasteiger partial charge in [-0.1, -0.05) is 0 Å². The molecule has 0 fully saturated rings. The molecule has 0 atom stereocenters. The quantitative estimate of drug-likeness (QED) is 0.846. The third-order valence-corrected chi connectivity index (χ3v) is 2.86. The first kappa shape index (κ1) is 13.9. The number of nitrogens with two attached hydrogens (primary N) is 1. The van der Waals surface area contributed by atoms with Crippen molar-refractivity contribution in [3.8, 4) is 11.5 Å². The van der Waals surface area contributed by atoms with Crippen molar-refractivity contribution in [1.82, 2.24) is 5.32 Å². The largest absolute Gasteiger partial charge is 0.455 e. The van der Waals surface area contributed by atoms with Crippen LogP contribution in [0, 0.1) is 12.7 Å². The van der Waals surface area contributed by atoms with Crippen LogP contribution in [0.5, 0.6) is 11.5 Å². The fourth-order valence-corrected chi connectivity index (χ4v) is 1.77. The number of anilines is 1. The van der Waals surface area contributed by atoms with Crippen LogP contribution in [0.15, 0.2) is 36.4 Å². The van der Waals surface area contributed by atoms with E-state index in [-0.39, 0.29) is 11.7 Å². The molecule has 5 heteroatoms. The summed E-state index contributed by atoms with van der Waals surface area (Å²) in [6, 6.07) is 9.00. The number of carbonyl (C=O) groups is 1. The Labute approximate surface area is 116 Å². The minimum Gasteiger partial charge on any atom is -0.455 e.